The third-order valence-electron chi connectivity index (χ3n) is 6.77. The number of alkyl halides is 3. The van der Waals surface area contributed by atoms with E-state index >= 15 is 0 Å². The number of hydrogen-bond donors (Lipinski definition) is 1. The van der Waals surface area contributed by atoms with Gasteiger partial charge in [0.05, 0.1) is 32.0 Å². The van der Waals surface area contributed by atoms with Crippen LogP contribution in [0.15, 0.2) is 65.0 Å². The van der Waals surface area contributed by atoms with Crippen molar-refractivity contribution in [2.75, 3.05) is 20.8 Å². The summed E-state index contributed by atoms with van der Waals surface area (Å²) in [5, 5.41) is 3.23. The summed E-state index contributed by atoms with van der Waals surface area (Å²) >= 11 is 0. The molecule has 1 aliphatic carbocycles. The van der Waals surface area contributed by atoms with Gasteiger partial charge in [0.2, 0.25) is 0 Å². The molecule has 6 nitrogen and oxygen atoms in total. The molecule has 0 amide bonds. The largest absolute Gasteiger partial charge is 0.493 e. The third kappa shape index (κ3) is 5.08. The van der Waals surface area contributed by atoms with E-state index in [0.29, 0.717) is 40.5 Å². The van der Waals surface area contributed by atoms with Crippen LogP contribution in [0.25, 0.3) is 0 Å². The van der Waals surface area contributed by atoms with E-state index in [1.54, 1.807) is 27.0 Å². The number of ether oxygens (including phenoxy) is 3. The fourth-order valence-corrected chi connectivity index (χ4v) is 5.06. The number of allylic oxidation sites excluding steroid dienone is 3. The summed E-state index contributed by atoms with van der Waals surface area (Å²) in [6.45, 7) is 3.50. The molecule has 1 N–H and O–H groups in total. The van der Waals surface area contributed by atoms with Crippen molar-refractivity contribution in [3.8, 4) is 11.5 Å². The highest BCUT2D eigenvalue weighted by Crippen LogP contribution is 2.47. The lowest BCUT2D eigenvalue weighted by molar-refractivity contribution is -0.139. The Morgan fingerprint density at radius 2 is 1.65 bits per heavy atom. The van der Waals surface area contributed by atoms with Crippen LogP contribution in [0.1, 0.15) is 55.2 Å². The Morgan fingerprint density at radius 1 is 1.00 bits per heavy atom. The zero-order chi connectivity index (χ0) is 26.9. The van der Waals surface area contributed by atoms with Gasteiger partial charge in [-0.15, -0.1) is 0 Å². The maximum atomic E-state index is 13.6. The highest BCUT2D eigenvalue weighted by Gasteiger charge is 2.42. The Balaban J connectivity index is 1.77. The maximum absolute atomic E-state index is 13.6. The Hall–Kier alpha value is -3.75. The molecular formula is C28H28F3NO5. The van der Waals surface area contributed by atoms with Crippen molar-refractivity contribution in [2.45, 2.75) is 44.7 Å². The summed E-state index contributed by atoms with van der Waals surface area (Å²) in [4.78, 5) is 26.6. The summed E-state index contributed by atoms with van der Waals surface area (Å²) in [6.07, 6.45) is -3.86. The predicted molar refractivity (Wildman–Crippen MR) is 130 cm³/mol. The molecule has 0 saturated heterocycles. The maximum Gasteiger partial charge on any atom is 0.416 e. The molecule has 0 unspecified atom stereocenters. The Morgan fingerprint density at radius 3 is 2.24 bits per heavy atom. The van der Waals surface area contributed by atoms with E-state index in [-0.39, 0.29) is 30.3 Å². The summed E-state index contributed by atoms with van der Waals surface area (Å²) in [6, 6.07) is 10.1. The predicted octanol–water partition coefficient (Wildman–Crippen LogP) is 5.65. The number of Topliss-reactive ketones (excluding diaryl/α,β-unsaturated/α-hetero) is 1. The fourth-order valence-electron chi connectivity index (χ4n) is 5.06. The molecule has 9 heteroatoms. The third-order valence-corrected chi connectivity index (χ3v) is 6.77. The molecule has 2 atom stereocenters. The zero-order valence-corrected chi connectivity index (χ0v) is 21.0. The number of rotatable bonds is 6. The van der Waals surface area contributed by atoms with Crippen LogP contribution in [0.5, 0.6) is 11.5 Å². The molecule has 2 aliphatic rings. The lowest BCUT2D eigenvalue weighted by Crippen LogP contribution is -2.36. The van der Waals surface area contributed by atoms with Gasteiger partial charge in [0.1, 0.15) is 0 Å². The first-order valence-electron chi connectivity index (χ1n) is 11.9. The number of dihydropyridines is 1. The van der Waals surface area contributed by atoms with E-state index in [9.17, 15) is 22.8 Å². The van der Waals surface area contributed by atoms with E-state index in [1.165, 1.54) is 19.2 Å². The Bertz CT molecular complexity index is 1280. The highest BCUT2D eigenvalue weighted by molar-refractivity contribution is 6.04. The number of methoxy groups -OCH3 is 2. The summed E-state index contributed by atoms with van der Waals surface area (Å²) < 4.78 is 55.6. The van der Waals surface area contributed by atoms with Gasteiger partial charge in [-0.05, 0) is 61.6 Å². The van der Waals surface area contributed by atoms with Gasteiger partial charge in [-0.2, -0.15) is 13.2 Å². The molecule has 0 bridgehead atoms. The van der Waals surface area contributed by atoms with Gasteiger partial charge in [-0.3, -0.25) is 4.79 Å². The first-order chi connectivity index (χ1) is 17.6. The molecule has 1 heterocycles. The number of benzene rings is 2. The fraction of sp³-hybridized carbons (Fsp3) is 0.357. The van der Waals surface area contributed by atoms with Gasteiger partial charge in [0, 0.05) is 29.3 Å². The minimum Gasteiger partial charge on any atom is -0.493 e. The molecular weight excluding hydrogens is 487 g/mol. The van der Waals surface area contributed by atoms with Crippen LogP contribution < -0.4 is 14.8 Å². The number of carbonyl (C=O) groups is 2. The van der Waals surface area contributed by atoms with E-state index in [1.807, 2.05) is 12.1 Å². The van der Waals surface area contributed by atoms with Crippen molar-refractivity contribution in [3.63, 3.8) is 0 Å². The van der Waals surface area contributed by atoms with Crippen molar-refractivity contribution in [2.24, 2.45) is 0 Å². The van der Waals surface area contributed by atoms with E-state index in [2.05, 4.69) is 5.32 Å². The van der Waals surface area contributed by atoms with Crippen LogP contribution in [-0.4, -0.2) is 32.6 Å². The quantitative estimate of drug-likeness (QED) is 0.502. The normalized spacial score (nSPS) is 19.8. The average Bonchev–Trinajstić information content (AvgIpc) is 2.86. The lowest BCUT2D eigenvalue weighted by atomic mass is 9.71. The number of esters is 1. The Labute approximate surface area is 213 Å². The topological polar surface area (TPSA) is 73.9 Å². The van der Waals surface area contributed by atoms with Gasteiger partial charge in [-0.1, -0.05) is 18.2 Å². The van der Waals surface area contributed by atoms with Crippen molar-refractivity contribution < 1.29 is 37.0 Å². The minimum atomic E-state index is -4.50. The van der Waals surface area contributed by atoms with Crippen LogP contribution in [0, 0.1) is 0 Å². The molecule has 2 aromatic rings. The number of carbonyl (C=O) groups excluding carboxylic acids is 2. The number of ketones is 1. The van der Waals surface area contributed by atoms with E-state index in [4.69, 9.17) is 14.2 Å². The second kappa shape index (κ2) is 10.3. The van der Waals surface area contributed by atoms with Gasteiger partial charge in [0.15, 0.2) is 17.3 Å². The first-order valence-corrected chi connectivity index (χ1v) is 11.9. The molecule has 1 aliphatic heterocycles. The SMILES string of the molecule is CCOC(=O)C1=C(C)NC2=C(C(=O)C[C@@H](c3ccc(OC)c(OC)c3)C2)[C@H]1c1ccc(C(F)(F)F)cc1. The Kier molecular flexibility index (Phi) is 7.34. The lowest BCUT2D eigenvalue weighted by Gasteiger charge is -2.36. The number of halogens is 3. The minimum absolute atomic E-state index is 0.122. The smallest absolute Gasteiger partial charge is 0.416 e. The molecule has 0 spiro atoms. The average molecular weight is 516 g/mol. The second-order valence-corrected chi connectivity index (χ2v) is 8.97. The number of hydrogen-bond acceptors (Lipinski definition) is 6. The molecule has 2 aromatic carbocycles. The van der Waals surface area contributed by atoms with Crippen LogP contribution in [0.4, 0.5) is 13.2 Å². The molecule has 0 fully saturated rings. The van der Waals surface area contributed by atoms with Crippen molar-refractivity contribution in [1.82, 2.24) is 5.32 Å². The molecule has 0 saturated carbocycles. The van der Waals surface area contributed by atoms with Crippen molar-refractivity contribution in [3.05, 3.63) is 81.7 Å². The van der Waals surface area contributed by atoms with E-state index in [0.717, 1.165) is 17.7 Å². The van der Waals surface area contributed by atoms with Gasteiger partial charge in [-0.25, -0.2) is 4.79 Å². The second-order valence-electron chi connectivity index (χ2n) is 8.97. The highest BCUT2D eigenvalue weighted by atomic mass is 19.4. The van der Waals surface area contributed by atoms with Gasteiger partial charge >= 0.3 is 12.1 Å². The molecule has 0 aromatic heterocycles. The van der Waals surface area contributed by atoms with Crippen LogP contribution in [0.3, 0.4) is 0 Å². The molecule has 0 radical (unpaired) electrons. The molecule has 196 valence electrons. The number of nitrogens with one attached hydrogen (secondary N) is 1. The summed E-state index contributed by atoms with van der Waals surface area (Å²) in [5.41, 5.74) is 2.25. The van der Waals surface area contributed by atoms with Crippen LogP contribution >= 0.6 is 0 Å². The van der Waals surface area contributed by atoms with Crippen LogP contribution in [0.2, 0.25) is 0 Å². The van der Waals surface area contributed by atoms with Crippen molar-refractivity contribution >= 4 is 11.8 Å². The van der Waals surface area contributed by atoms with Gasteiger partial charge in [0.25, 0.3) is 0 Å². The standard InChI is InChI=1S/C28H28F3NO5/c1-5-37-27(34)24-15(2)32-20-12-18(17-8-11-22(35-3)23(14-17)36-4)13-21(33)26(20)25(24)16-6-9-19(10-7-16)28(29,30)31/h6-11,14,18,25,32H,5,12-13H2,1-4H3/t18-,25-/m0/s1. The van der Waals surface area contributed by atoms with E-state index < -0.39 is 23.6 Å². The summed E-state index contributed by atoms with van der Waals surface area (Å²) in [7, 11) is 3.08. The molecule has 4 rings (SSSR count). The summed E-state index contributed by atoms with van der Waals surface area (Å²) in [5.74, 6) is -0.678. The molecule has 37 heavy (non-hydrogen) atoms. The zero-order valence-electron chi connectivity index (χ0n) is 21.0. The first kappa shape index (κ1) is 26.3. The monoisotopic (exact) mass is 515 g/mol. The van der Waals surface area contributed by atoms with Crippen molar-refractivity contribution in [1.29, 1.82) is 0 Å². The van der Waals surface area contributed by atoms with Crippen LogP contribution in [-0.2, 0) is 20.5 Å². The van der Waals surface area contributed by atoms with Gasteiger partial charge < -0.3 is 19.5 Å².